The van der Waals surface area contributed by atoms with Gasteiger partial charge in [-0.25, -0.2) is 4.39 Å². The molecule has 2 aliphatic heterocycles. The first kappa shape index (κ1) is 20.0. The van der Waals surface area contributed by atoms with Gasteiger partial charge in [-0.3, -0.25) is 9.59 Å². The Balaban J connectivity index is 1.46. The maximum absolute atomic E-state index is 13.5. The van der Waals surface area contributed by atoms with Crippen molar-refractivity contribution in [3.8, 4) is 0 Å². The summed E-state index contributed by atoms with van der Waals surface area (Å²) in [6.07, 6.45) is 1.69. The van der Waals surface area contributed by atoms with Gasteiger partial charge in [0.2, 0.25) is 11.8 Å². The van der Waals surface area contributed by atoms with Crippen LogP contribution in [-0.2, 0) is 27.3 Å². The van der Waals surface area contributed by atoms with Crippen LogP contribution >= 0.6 is 11.3 Å². The van der Waals surface area contributed by atoms with Crippen molar-refractivity contribution in [2.75, 3.05) is 26.3 Å². The first-order valence-corrected chi connectivity index (χ1v) is 10.8. The first-order chi connectivity index (χ1) is 14.1. The van der Waals surface area contributed by atoms with E-state index in [0.29, 0.717) is 38.4 Å². The average Bonchev–Trinajstić information content (AvgIpc) is 3.35. The second-order valence-corrected chi connectivity index (χ2v) is 8.94. The van der Waals surface area contributed by atoms with Gasteiger partial charge >= 0.3 is 0 Å². The minimum absolute atomic E-state index is 0.00126. The minimum Gasteiger partial charge on any atom is -0.381 e. The third-order valence-corrected chi connectivity index (χ3v) is 6.94. The summed E-state index contributed by atoms with van der Waals surface area (Å²) < 4.78 is 19.0. The molecule has 7 heteroatoms. The molecule has 1 spiro atoms. The van der Waals surface area contributed by atoms with Crippen LogP contribution in [0.25, 0.3) is 0 Å². The topological polar surface area (TPSA) is 58.6 Å². The van der Waals surface area contributed by atoms with Gasteiger partial charge in [-0.05, 0) is 42.0 Å². The number of thiophene rings is 1. The van der Waals surface area contributed by atoms with Gasteiger partial charge < -0.3 is 15.0 Å². The number of halogens is 1. The highest BCUT2D eigenvalue weighted by molar-refractivity contribution is 7.09. The van der Waals surface area contributed by atoms with Crippen LogP contribution < -0.4 is 5.32 Å². The van der Waals surface area contributed by atoms with E-state index in [9.17, 15) is 14.0 Å². The standard InChI is InChI=1S/C22H25FN2O3S/c23-17-4-1-3-16(11-17)12-20(26)25-14-19(22(15-25)6-8-28-9-7-22)21(27)24-13-18-5-2-10-29-18/h1-5,10-11,19H,6-9,12-15H2,(H,24,27)/t19-/m0/s1. The molecule has 2 saturated heterocycles. The molecule has 2 aliphatic rings. The normalized spacial score (nSPS) is 20.7. The summed E-state index contributed by atoms with van der Waals surface area (Å²) in [5.41, 5.74) is 0.414. The smallest absolute Gasteiger partial charge is 0.227 e. The number of carbonyl (C=O) groups excluding carboxylic acids is 2. The number of likely N-dealkylation sites (tertiary alicyclic amines) is 1. The molecule has 29 heavy (non-hydrogen) atoms. The van der Waals surface area contributed by atoms with Crippen LogP contribution in [0.3, 0.4) is 0 Å². The van der Waals surface area contributed by atoms with Crippen LogP contribution in [0.4, 0.5) is 4.39 Å². The van der Waals surface area contributed by atoms with Crippen LogP contribution in [-0.4, -0.2) is 43.0 Å². The predicted octanol–water partition coefficient (Wildman–Crippen LogP) is 3.00. The summed E-state index contributed by atoms with van der Waals surface area (Å²) in [7, 11) is 0. The molecule has 5 nitrogen and oxygen atoms in total. The van der Waals surface area contributed by atoms with Gasteiger partial charge in [0.25, 0.3) is 0 Å². The van der Waals surface area contributed by atoms with Gasteiger partial charge in [-0.15, -0.1) is 11.3 Å². The molecule has 1 N–H and O–H groups in total. The number of hydrogen-bond donors (Lipinski definition) is 1. The molecular formula is C22H25FN2O3S. The fourth-order valence-electron chi connectivity index (χ4n) is 4.45. The molecule has 3 heterocycles. The summed E-state index contributed by atoms with van der Waals surface area (Å²) in [4.78, 5) is 28.8. The SMILES string of the molecule is O=C(NCc1cccs1)[C@@H]1CN(C(=O)Cc2cccc(F)c2)CC12CCOCC2. The Kier molecular flexibility index (Phi) is 5.96. The molecule has 0 aliphatic carbocycles. The summed E-state index contributed by atoms with van der Waals surface area (Å²) in [5, 5.41) is 5.05. The summed E-state index contributed by atoms with van der Waals surface area (Å²) in [6.45, 7) is 2.70. The Hall–Kier alpha value is -2.25. The van der Waals surface area contributed by atoms with Crippen molar-refractivity contribution in [2.24, 2.45) is 11.3 Å². The van der Waals surface area contributed by atoms with Gasteiger partial charge in [-0.1, -0.05) is 18.2 Å². The number of carbonyl (C=O) groups is 2. The molecule has 1 aromatic heterocycles. The highest BCUT2D eigenvalue weighted by atomic mass is 32.1. The number of benzene rings is 1. The summed E-state index contributed by atoms with van der Waals surface area (Å²) >= 11 is 1.61. The van der Waals surface area contributed by atoms with E-state index in [1.807, 2.05) is 17.5 Å². The van der Waals surface area contributed by atoms with Crippen LogP contribution in [0.2, 0.25) is 0 Å². The van der Waals surface area contributed by atoms with Gasteiger partial charge in [0, 0.05) is 36.6 Å². The van der Waals surface area contributed by atoms with E-state index in [1.54, 1.807) is 28.4 Å². The van der Waals surface area contributed by atoms with Gasteiger partial charge in [0.05, 0.1) is 18.9 Å². The van der Waals surface area contributed by atoms with Crippen molar-refractivity contribution in [3.63, 3.8) is 0 Å². The quantitative estimate of drug-likeness (QED) is 0.815. The zero-order valence-corrected chi connectivity index (χ0v) is 17.1. The maximum Gasteiger partial charge on any atom is 0.227 e. The Morgan fingerprint density at radius 2 is 2.07 bits per heavy atom. The second kappa shape index (κ2) is 8.63. The molecule has 1 atom stereocenters. The van der Waals surface area contributed by atoms with Gasteiger partial charge in [0.15, 0.2) is 0 Å². The lowest BCUT2D eigenvalue weighted by atomic mass is 9.72. The Morgan fingerprint density at radius 1 is 1.24 bits per heavy atom. The third-order valence-electron chi connectivity index (χ3n) is 6.07. The first-order valence-electron chi connectivity index (χ1n) is 9.96. The molecule has 1 aromatic carbocycles. The fraction of sp³-hybridized carbons (Fsp3) is 0.455. The maximum atomic E-state index is 13.5. The molecule has 4 rings (SSSR count). The minimum atomic E-state index is -0.344. The molecule has 0 saturated carbocycles. The van der Waals surface area contributed by atoms with Crippen molar-refractivity contribution in [1.82, 2.24) is 10.2 Å². The number of rotatable bonds is 5. The lowest BCUT2D eigenvalue weighted by Gasteiger charge is -2.37. The number of nitrogens with zero attached hydrogens (tertiary/aromatic N) is 1. The molecule has 154 valence electrons. The van der Waals surface area contributed by atoms with Gasteiger partial charge in [-0.2, -0.15) is 0 Å². The predicted molar refractivity (Wildman–Crippen MR) is 109 cm³/mol. The number of nitrogens with one attached hydrogen (secondary N) is 1. The lowest BCUT2D eigenvalue weighted by Crippen LogP contribution is -2.44. The van der Waals surface area contributed by atoms with Crippen LogP contribution in [0.5, 0.6) is 0 Å². The number of hydrogen-bond acceptors (Lipinski definition) is 4. The van der Waals surface area contributed by atoms with Crippen molar-refractivity contribution < 1.29 is 18.7 Å². The highest BCUT2D eigenvalue weighted by Gasteiger charge is 2.51. The molecule has 2 aromatic rings. The molecular weight excluding hydrogens is 391 g/mol. The second-order valence-electron chi connectivity index (χ2n) is 7.91. The molecule has 2 amide bonds. The van der Waals surface area contributed by atoms with E-state index >= 15 is 0 Å². The van der Waals surface area contributed by atoms with Crippen molar-refractivity contribution >= 4 is 23.2 Å². The van der Waals surface area contributed by atoms with E-state index in [1.165, 1.54) is 12.1 Å². The van der Waals surface area contributed by atoms with Crippen LogP contribution in [0.15, 0.2) is 41.8 Å². The molecule has 2 fully saturated rings. The largest absolute Gasteiger partial charge is 0.381 e. The Labute approximate surface area is 173 Å². The third kappa shape index (κ3) is 4.51. The Bertz CT molecular complexity index is 865. The highest BCUT2D eigenvalue weighted by Crippen LogP contribution is 2.44. The van der Waals surface area contributed by atoms with E-state index in [0.717, 1.165) is 17.7 Å². The van der Waals surface area contributed by atoms with Crippen LogP contribution in [0.1, 0.15) is 23.3 Å². The molecule has 0 bridgehead atoms. The van der Waals surface area contributed by atoms with Crippen molar-refractivity contribution in [3.05, 3.63) is 58.0 Å². The zero-order valence-electron chi connectivity index (χ0n) is 16.2. The van der Waals surface area contributed by atoms with Crippen LogP contribution in [0, 0.1) is 17.2 Å². The monoisotopic (exact) mass is 416 g/mol. The van der Waals surface area contributed by atoms with E-state index in [4.69, 9.17) is 4.74 Å². The van der Waals surface area contributed by atoms with E-state index in [2.05, 4.69) is 5.32 Å². The lowest BCUT2D eigenvalue weighted by molar-refractivity contribution is -0.130. The molecule has 0 radical (unpaired) electrons. The van der Waals surface area contributed by atoms with E-state index < -0.39 is 0 Å². The van der Waals surface area contributed by atoms with Crippen molar-refractivity contribution in [2.45, 2.75) is 25.8 Å². The van der Waals surface area contributed by atoms with Crippen molar-refractivity contribution in [1.29, 1.82) is 0 Å². The zero-order chi connectivity index (χ0) is 20.3. The molecule has 0 unspecified atom stereocenters. The Morgan fingerprint density at radius 3 is 2.79 bits per heavy atom. The van der Waals surface area contributed by atoms with Gasteiger partial charge in [0.1, 0.15) is 5.82 Å². The summed E-state index contributed by atoms with van der Waals surface area (Å²) in [5.74, 6) is -0.650. The number of amides is 2. The number of ether oxygens (including phenoxy) is 1. The van der Waals surface area contributed by atoms with E-state index in [-0.39, 0.29) is 35.4 Å². The average molecular weight is 417 g/mol. The summed E-state index contributed by atoms with van der Waals surface area (Å²) in [6, 6.07) is 10.1. The fourth-order valence-corrected chi connectivity index (χ4v) is 5.09.